The molecule has 7 heteroatoms. The van der Waals surface area contributed by atoms with Crippen molar-refractivity contribution in [2.75, 3.05) is 6.61 Å². The lowest BCUT2D eigenvalue weighted by Crippen LogP contribution is -2.20. The standard InChI is InChI=1S/C9H8N2O4S/c1-2-15-8(13)5-3-4-6(12)10-9(14)11-7(4)16-5/h3H,2H2,1H3,(H2,10,11,12,14). The van der Waals surface area contributed by atoms with Crippen LogP contribution in [-0.4, -0.2) is 22.5 Å². The van der Waals surface area contributed by atoms with Crippen LogP contribution in [0.5, 0.6) is 0 Å². The predicted molar refractivity (Wildman–Crippen MR) is 59.0 cm³/mol. The Bertz CT molecular complexity index is 651. The van der Waals surface area contributed by atoms with Crippen LogP contribution in [0.3, 0.4) is 0 Å². The zero-order chi connectivity index (χ0) is 11.7. The molecule has 0 spiro atoms. The van der Waals surface area contributed by atoms with Gasteiger partial charge in [0.15, 0.2) is 0 Å². The number of aromatic amines is 2. The van der Waals surface area contributed by atoms with Gasteiger partial charge in [0.05, 0.1) is 12.0 Å². The molecule has 0 fully saturated rings. The molecule has 6 nitrogen and oxygen atoms in total. The zero-order valence-electron chi connectivity index (χ0n) is 8.33. The fourth-order valence-electron chi connectivity index (χ4n) is 1.26. The van der Waals surface area contributed by atoms with E-state index in [1.807, 2.05) is 0 Å². The van der Waals surface area contributed by atoms with E-state index in [9.17, 15) is 14.4 Å². The maximum absolute atomic E-state index is 11.4. The molecule has 2 aromatic heterocycles. The number of aromatic nitrogens is 2. The monoisotopic (exact) mass is 240 g/mol. The molecule has 2 rings (SSSR count). The second-order valence-corrected chi connectivity index (χ2v) is 4.03. The number of rotatable bonds is 2. The van der Waals surface area contributed by atoms with Gasteiger partial charge in [-0.3, -0.25) is 14.8 Å². The fourth-order valence-corrected chi connectivity index (χ4v) is 2.20. The Kier molecular flexibility index (Phi) is 2.61. The van der Waals surface area contributed by atoms with Gasteiger partial charge < -0.3 is 4.74 Å². The molecule has 0 aliphatic carbocycles. The molecule has 0 aliphatic rings. The minimum absolute atomic E-state index is 0.264. The Morgan fingerprint density at radius 1 is 1.44 bits per heavy atom. The molecule has 16 heavy (non-hydrogen) atoms. The maximum Gasteiger partial charge on any atom is 0.348 e. The molecule has 0 saturated heterocycles. The number of ether oxygens (including phenoxy) is 1. The van der Waals surface area contributed by atoms with Gasteiger partial charge in [-0.2, -0.15) is 0 Å². The summed E-state index contributed by atoms with van der Waals surface area (Å²) in [7, 11) is 0. The molecule has 0 amide bonds. The molecule has 2 N–H and O–H groups in total. The zero-order valence-corrected chi connectivity index (χ0v) is 9.14. The molecule has 0 aromatic carbocycles. The first-order valence-corrected chi connectivity index (χ1v) is 5.36. The number of nitrogens with one attached hydrogen (secondary N) is 2. The minimum atomic E-state index is -0.588. The van der Waals surface area contributed by atoms with E-state index in [1.54, 1.807) is 6.92 Å². The van der Waals surface area contributed by atoms with E-state index in [-0.39, 0.29) is 12.0 Å². The van der Waals surface area contributed by atoms with Crippen LogP contribution in [0, 0.1) is 0 Å². The summed E-state index contributed by atoms with van der Waals surface area (Å²) >= 11 is 1.02. The van der Waals surface area contributed by atoms with Crippen LogP contribution < -0.4 is 11.2 Å². The molecule has 2 aromatic rings. The molecule has 2 heterocycles. The average molecular weight is 240 g/mol. The quantitative estimate of drug-likeness (QED) is 0.746. The molecule has 0 bridgehead atoms. The van der Waals surface area contributed by atoms with Crippen molar-refractivity contribution in [3.8, 4) is 0 Å². The second-order valence-electron chi connectivity index (χ2n) is 2.98. The largest absolute Gasteiger partial charge is 0.462 e. The molecule has 0 unspecified atom stereocenters. The summed E-state index contributed by atoms with van der Waals surface area (Å²) in [5.74, 6) is -0.496. The van der Waals surface area contributed by atoms with Gasteiger partial charge in [-0.05, 0) is 13.0 Å². The van der Waals surface area contributed by atoms with Crippen LogP contribution in [-0.2, 0) is 4.74 Å². The number of H-pyrrole nitrogens is 2. The highest BCUT2D eigenvalue weighted by molar-refractivity contribution is 7.20. The third-order valence-corrected chi connectivity index (χ3v) is 2.94. The Morgan fingerprint density at radius 3 is 2.88 bits per heavy atom. The number of carbonyl (C=O) groups is 1. The predicted octanol–water partition coefficient (Wildman–Crippen LogP) is 0.455. The van der Waals surface area contributed by atoms with Crippen molar-refractivity contribution in [2.24, 2.45) is 0 Å². The van der Waals surface area contributed by atoms with Crippen LogP contribution in [0.1, 0.15) is 16.6 Å². The number of esters is 1. The molecular weight excluding hydrogens is 232 g/mol. The van der Waals surface area contributed by atoms with Crippen LogP contribution in [0.2, 0.25) is 0 Å². The SMILES string of the molecule is CCOC(=O)c1cc2c(=O)[nH]c(=O)[nH]c2s1. The van der Waals surface area contributed by atoms with Crippen molar-refractivity contribution < 1.29 is 9.53 Å². The second kappa shape index (κ2) is 3.93. The highest BCUT2D eigenvalue weighted by Gasteiger charge is 2.13. The highest BCUT2D eigenvalue weighted by atomic mass is 32.1. The Morgan fingerprint density at radius 2 is 2.19 bits per heavy atom. The summed E-state index contributed by atoms with van der Waals surface area (Å²) in [5.41, 5.74) is -1.10. The molecular formula is C9H8N2O4S. The van der Waals surface area contributed by atoms with Crippen molar-refractivity contribution in [1.82, 2.24) is 9.97 Å². The van der Waals surface area contributed by atoms with E-state index < -0.39 is 17.2 Å². The molecule has 0 radical (unpaired) electrons. The Hall–Kier alpha value is -1.89. The number of hydrogen-bond acceptors (Lipinski definition) is 5. The minimum Gasteiger partial charge on any atom is -0.462 e. The van der Waals surface area contributed by atoms with Crippen molar-refractivity contribution in [1.29, 1.82) is 0 Å². The third-order valence-electron chi connectivity index (χ3n) is 1.91. The number of hydrogen-bond donors (Lipinski definition) is 2. The van der Waals surface area contributed by atoms with Gasteiger partial charge in [-0.1, -0.05) is 0 Å². The molecule has 0 atom stereocenters. The Balaban J connectivity index is 2.60. The first-order chi connectivity index (χ1) is 7.61. The van der Waals surface area contributed by atoms with Gasteiger partial charge in [-0.15, -0.1) is 11.3 Å². The summed E-state index contributed by atoms with van der Waals surface area (Å²) < 4.78 is 4.79. The van der Waals surface area contributed by atoms with E-state index in [0.717, 1.165) is 11.3 Å². The summed E-state index contributed by atoms with van der Waals surface area (Å²) in [6.45, 7) is 1.96. The van der Waals surface area contributed by atoms with Crippen LogP contribution in [0.25, 0.3) is 10.2 Å². The lowest BCUT2D eigenvalue weighted by atomic mass is 10.3. The third kappa shape index (κ3) is 1.76. The molecule has 0 saturated carbocycles. The Labute approximate surface area is 92.9 Å². The van der Waals surface area contributed by atoms with Gasteiger partial charge in [-0.25, -0.2) is 9.59 Å². The van der Waals surface area contributed by atoms with Gasteiger partial charge in [0.1, 0.15) is 9.71 Å². The van der Waals surface area contributed by atoms with Crippen LogP contribution in [0.15, 0.2) is 15.7 Å². The fraction of sp³-hybridized carbons (Fsp3) is 0.222. The van der Waals surface area contributed by atoms with Gasteiger partial charge in [0.25, 0.3) is 5.56 Å². The average Bonchev–Trinajstić information content (AvgIpc) is 2.62. The number of carbonyl (C=O) groups excluding carboxylic acids is 1. The van der Waals surface area contributed by atoms with Crippen molar-refractivity contribution in [3.05, 3.63) is 31.8 Å². The summed E-state index contributed by atoms with van der Waals surface area (Å²) in [4.78, 5) is 39.0. The summed E-state index contributed by atoms with van der Waals surface area (Å²) in [6, 6.07) is 1.41. The van der Waals surface area contributed by atoms with Crippen molar-refractivity contribution in [3.63, 3.8) is 0 Å². The topological polar surface area (TPSA) is 92.0 Å². The van der Waals surface area contributed by atoms with E-state index in [0.29, 0.717) is 9.71 Å². The smallest absolute Gasteiger partial charge is 0.348 e. The van der Waals surface area contributed by atoms with Crippen molar-refractivity contribution >= 4 is 27.5 Å². The summed E-state index contributed by atoms with van der Waals surface area (Å²) in [6.07, 6.45) is 0. The molecule has 84 valence electrons. The van der Waals surface area contributed by atoms with E-state index in [2.05, 4.69) is 9.97 Å². The maximum atomic E-state index is 11.4. The first-order valence-electron chi connectivity index (χ1n) is 4.55. The van der Waals surface area contributed by atoms with E-state index in [1.165, 1.54) is 6.07 Å². The summed E-state index contributed by atoms with van der Waals surface area (Å²) in [5, 5.41) is 0.285. The van der Waals surface area contributed by atoms with Gasteiger partial charge >= 0.3 is 11.7 Å². The number of thiophene rings is 1. The highest BCUT2D eigenvalue weighted by Crippen LogP contribution is 2.20. The lowest BCUT2D eigenvalue weighted by Gasteiger charge is -1.95. The van der Waals surface area contributed by atoms with E-state index >= 15 is 0 Å². The first kappa shape index (κ1) is 10.6. The van der Waals surface area contributed by atoms with Crippen LogP contribution >= 0.6 is 11.3 Å². The van der Waals surface area contributed by atoms with Crippen LogP contribution in [0.4, 0.5) is 0 Å². The number of fused-ring (bicyclic) bond motifs is 1. The molecule has 0 aliphatic heterocycles. The lowest BCUT2D eigenvalue weighted by molar-refractivity contribution is 0.0532. The normalized spacial score (nSPS) is 10.6. The van der Waals surface area contributed by atoms with Gasteiger partial charge in [0, 0.05) is 0 Å². The van der Waals surface area contributed by atoms with Crippen molar-refractivity contribution in [2.45, 2.75) is 6.92 Å². The van der Waals surface area contributed by atoms with E-state index in [4.69, 9.17) is 4.74 Å². The van der Waals surface area contributed by atoms with Gasteiger partial charge in [0.2, 0.25) is 0 Å².